The lowest BCUT2D eigenvalue weighted by molar-refractivity contribution is 0.931. The normalized spacial score (nSPS) is 10.4. The third-order valence-corrected chi connectivity index (χ3v) is 2.92. The third-order valence-electron chi connectivity index (χ3n) is 2.69. The van der Waals surface area contributed by atoms with Crippen molar-refractivity contribution in [2.24, 2.45) is 0 Å². The Bertz CT molecular complexity index is 480. The molecule has 82 valence electrons. The second-order valence-corrected chi connectivity index (χ2v) is 4.31. The summed E-state index contributed by atoms with van der Waals surface area (Å²) in [5.41, 5.74) is 3.70. The highest BCUT2D eigenvalue weighted by molar-refractivity contribution is 6.30. The zero-order chi connectivity index (χ0) is 11.4. The summed E-state index contributed by atoms with van der Waals surface area (Å²) in [5, 5.41) is 0.806. The molecule has 0 aliphatic heterocycles. The molecule has 0 N–H and O–H groups in total. The molecule has 2 aromatic rings. The summed E-state index contributed by atoms with van der Waals surface area (Å²) in [6, 6.07) is 12.1. The van der Waals surface area contributed by atoms with Gasteiger partial charge in [-0.05, 0) is 49.1 Å². The maximum Gasteiger partial charge on any atom is 0.0408 e. The molecule has 0 saturated heterocycles. The molecule has 1 aromatic carbocycles. The number of nitrogens with zero attached hydrogens (tertiary/aromatic N) is 1. The van der Waals surface area contributed by atoms with Crippen molar-refractivity contribution in [3.63, 3.8) is 0 Å². The van der Waals surface area contributed by atoms with Crippen LogP contribution in [0.3, 0.4) is 0 Å². The van der Waals surface area contributed by atoms with Crippen LogP contribution in [0.15, 0.2) is 42.6 Å². The van der Waals surface area contributed by atoms with E-state index in [9.17, 15) is 0 Å². The van der Waals surface area contributed by atoms with Crippen LogP contribution in [-0.4, -0.2) is 4.98 Å². The van der Waals surface area contributed by atoms with Gasteiger partial charge in [-0.2, -0.15) is 0 Å². The van der Waals surface area contributed by atoms with Gasteiger partial charge in [0.2, 0.25) is 0 Å². The molecule has 0 aliphatic carbocycles. The van der Waals surface area contributed by atoms with Crippen LogP contribution in [0.1, 0.15) is 16.8 Å². The van der Waals surface area contributed by atoms with Gasteiger partial charge in [0, 0.05) is 16.9 Å². The molecule has 2 rings (SSSR count). The van der Waals surface area contributed by atoms with Crippen molar-refractivity contribution in [3.8, 4) is 0 Å². The van der Waals surface area contributed by atoms with Crippen molar-refractivity contribution in [2.75, 3.05) is 0 Å². The highest BCUT2D eigenvalue weighted by atomic mass is 35.5. The minimum Gasteiger partial charge on any atom is -0.261 e. The van der Waals surface area contributed by atoms with Crippen molar-refractivity contribution in [2.45, 2.75) is 19.8 Å². The fourth-order valence-corrected chi connectivity index (χ4v) is 1.97. The molecule has 1 heterocycles. The molecule has 16 heavy (non-hydrogen) atoms. The predicted octanol–water partition coefficient (Wildman–Crippen LogP) is 3.83. The largest absolute Gasteiger partial charge is 0.261 e. The summed E-state index contributed by atoms with van der Waals surface area (Å²) in [6.45, 7) is 2.05. The van der Waals surface area contributed by atoms with Crippen LogP contribution in [0, 0.1) is 6.92 Å². The smallest absolute Gasteiger partial charge is 0.0408 e. The van der Waals surface area contributed by atoms with Gasteiger partial charge in [0.15, 0.2) is 0 Å². The van der Waals surface area contributed by atoms with E-state index in [1.54, 1.807) is 0 Å². The monoisotopic (exact) mass is 231 g/mol. The quantitative estimate of drug-likeness (QED) is 0.783. The first-order valence-electron chi connectivity index (χ1n) is 5.40. The lowest BCUT2D eigenvalue weighted by atomic mass is 10.0. The van der Waals surface area contributed by atoms with Gasteiger partial charge in [0.1, 0.15) is 0 Å². The fraction of sp³-hybridized carbons (Fsp3) is 0.214. The summed E-state index contributed by atoms with van der Waals surface area (Å²) >= 11 is 5.95. The van der Waals surface area contributed by atoms with Crippen LogP contribution in [0.2, 0.25) is 5.02 Å². The summed E-state index contributed by atoms with van der Waals surface area (Å²) in [6.07, 6.45) is 3.85. The SMILES string of the molecule is Cc1ncccc1CCc1cccc(Cl)c1. The first-order chi connectivity index (χ1) is 7.75. The van der Waals surface area contributed by atoms with E-state index in [0.29, 0.717) is 0 Å². The van der Waals surface area contributed by atoms with E-state index >= 15 is 0 Å². The minimum absolute atomic E-state index is 0.806. The molecule has 0 radical (unpaired) electrons. The average Bonchev–Trinajstić information content (AvgIpc) is 2.28. The summed E-state index contributed by atoms with van der Waals surface area (Å²) in [4.78, 5) is 4.28. The van der Waals surface area contributed by atoms with Gasteiger partial charge in [0.05, 0.1) is 0 Å². The summed E-state index contributed by atoms with van der Waals surface area (Å²) in [5.74, 6) is 0. The number of rotatable bonds is 3. The van der Waals surface area contributed by atoms with Gasteiger partial charge in [-0.15, -0.1) is 0 Å². The van der Waals surface area contributed by atoms with Gasteiger partial charge in [-0.25, -0.2) is 0 Å². The van der Waals surface area contributed by atoms with Crippen LogP contribution >= 0.6 is 11.6 Å². The number of halogens is 1. The molecule has 1 aromatic heterocycles. The first-order valence-corrected chi connectivity index (χ1v) is 5.78. The fourth-order valence-electron chi connectivity index (χ4n) is 1.75. The lowest BCUT2D eigenvalue weighted by Gasteiger charge is -2.05. The van der Waals surface area contributed by atoms with E-state index in [4.69, 9.17) is 11.6 Å². The van der Waals surface area contributed by atoms with Crippen LogP contribution in [0.4, 0.5) is 0 Å². The molecular formula is C14H14ClN. The molecule has 0 saturated carbocycles. The Balaban J connectivity index is 2.05. The second kappa shape index (κ2) is 5.13. The number of benzene rings is 1. The van der Waals surface area contributed by atoms with E-state index in [1.165, 1.54) is 11.1 Å². The Kier molecular flexibility index (Phi) is 3.58. The molecule has 0 aliphatic rings. The Labute approximate surface area is 101 Å². The average molecular weight is 232 g/mol. The van der Waals surface area contributed by atoms with Gasteiger partial charge >= 0.3 is 0 Å². The zero-order valence-electron chi connectivity index (χ0n) is 9.28. The van der Waals surface area contributed by atoms with Crippen LogP contribution in [-0.2, 0) is 12.8 Å². The third kappa shape index (κ3) is 2.83. The molecule has 0 amide bonds. The lowest BCUT2D eigenvalue weighted by Crippen LogP contribution is -1.95. The summed E-state index contributed by atoms with van der Waals surface area (Å²) < 4.78 is 0. The molecule has 0 fully saturated rings. The zero-order valence-corrected chi connectivity index (χ0v) is 10.0. The second-order valence-electron chi connectivity index (χ2n) is 3.88. The molecule has 0 atom stereocenters. The first kappa shape index (κ1) is 11.2. The topological polar surface area (TPSA) is 12.9 Å². The Hall–Kier alpha value is -1.34. The van der Waals surface area contributed by atoms with Crippen molar-refractivity contribution in [1.82, 2.24) is 4.98 Å². The molecule has 2 heteroatoms. The molecule has 0 unspecified atom stereocenters. The highest BCUT2D eigenvalue weighted by Gasteiger charge is 1.99. The van der Waals surface area contributed by atoms with Crippen molar-refractivity contribution < 1.29 is 0 Å². The van der Waals surface area contributed by atoms with E-state index in [0.717, 1.165) is 23.6 Å². The van der Waals surface area contributed by atoms with Crippen LogP contribution < -0.4 is 0 Å². The molecule has 0 bridgehead atoms. The van der Waals surface area contributed by atoms with Gasteiger partial charge in [0.25, 0.3) is 0 Å². The maximum absolute atomic E-state index is 5.95. The minimum atomic E-state index is 0.806. The van der Waals surface area contributed by atoms with E-state index in [-0.39, 0.29) is 0 Å². The van der Waals surface area contributed by atoms with E-state index < -0.39 is 0 Å². The van der Waals surface area contributed by atoms with Crippen molar-refractivity contribution in [3.05, 3.63) is 64.4 Å². The number of hydrogen-bond acceptors (Lipinski definition) is 1. The number of hydrogen-bond donors (Lipinski definition) is 0. The van der Waals surface area contributed by atoms with E-state index in [1.807, 2.05) is 37.4 Å². The Morgan fingerprint density at radius 3 is 2.75 bits per heavy atom. The molecular weight excluding hydrogens is 218 g/mol. The van der Waals surface area contributed by atoms with Crippen molar-refractivity contribution in [1.29, 1.82) is 0 Å². The number of pyridine rings is 1. The molecule has 1 nitrogen and oxygen atoms in total. The Morgan fingerprint density at radius 2 is 2.00 bits per heavy atom. The predicted molar refractivity (Wildman–Crippen MR) is 67.8 cm³/mol. The van der Waals surface area contributed by atoms with E-state index in [2.05, 4.69) is 17.1 Å². The van der Waals surface area contributed by atoms with Crippen LogP contribution in [0.25, 0.3) is 0 Å². The maximum atomic E-state index is 5.95. The van der Waals surface area contributed by atoms with Crippen LogP contribution in [0.5, 0.6) is 0 Å². The highest BCUT2D eigenvalue weighted by Crippen LogP contribution is 2.14. The van der Waals surface area contributed by atoms with Gasteiger partial charge in [-0.3, -0.25) is 4.98 Å². The number of aryl methyl sites for hydroxylation is 3. The molecule has 0 spiro atoms. The van der Waals surface area contributed by atoms with Gasteiger partial charge in [-0.1, -0.05) is 29.8 Å². The van der Waals surface area contributed by atoms with Crippen molar-refractivity contribution >= 4 is 11.6 Å². The number of aromatic nitrogens is 1. The Morgan fingerprint density at radius 1 is 1.12 bits per heavy atom. The van der Waals surface area contributed by atoms with Gasteiger partial charge < -0.3 is 0 Å². The standard InChI is InChI=1S/C14H14ClN/c1-11-13(5-3-9-16-11)8-7-12-4-2-6-14(15)10-12/h2-6,9-10H,7-8H2,1H3. The summed E-state index contributed by atoms with van der Waals surface area (Å²) in [7, 11) is 0.